The van der Waals surface area contributed by atoms with Gasteiger partial charge >= 0.3 is 5.97 Å². The molecule has 0 bridgehead atoms. The summed E-state index contributed by atoms with van der Waals surface area (Å²) in [6.07, 6.45) is 4.23. The van der Waals surface area contributed by atoms with Crippen molar-refractivity contribution in [3.63, 3.8) is 0 Å². The quantitative estimate of drug-likeness (QED) is 0.715. The van der Waals surface area contributed by atoms with Crippen molar-refractivity contribution >= 4 is 22.6 Å². The maximum atomic E-state index is 10.3. The zero-order chi connectivity index (χ0) is 11.4. The second-order valence-electron chi connectivity index (χ2n) is 4.01. The summed E-state index contributed by atoms with van der Waals surface area (Å²) in [5.74, 6) is 0.837. The Morgan fingerprint density at radius 1 is 1.50 bits per heavy atom. The van der Waals surface area contributed by atoms with Crippen LogP contribution in [0, 0.1) is 0 Å². The number of carbonyl (C=O) groups is 1. The molecule has 5 nitrogen and oxygen atoms in total. The molecule has 0 aromatic carbocycles. The number of unbranched alkanes of at least 4 members (excludes halogenated alkanes) is 1. The van der Waals surface area contributed by atoms with Crippen molar-refractivity contribution in [2.75, 3.05) is 11.9 Å². The molecule has 1 fully saturated rings. The van der Waals surface area contributed by atoms with E-state index < -0.39 is 5.97 Å². The Kier molecular flexibility index (Phi) is 3.71. The summed E-state index contributed by atoms with van der Waals surface area (Å²) < 4.78 is 4.28. The molecule has 88 valence electrons. The Morgan fingerprint density at radius 2 is 2.31 bits per heavy atom. The minimum Gasteiger partial charge on any atom is -0.481 e. The monoisotopic (exact) mass is 241 g/mol. The number of hydrogen-bond donors (Lipinski definition) is 2. The van der Waals surface area contributed by atoms with Crippen LogP contribution in [0.4, 0.5) is 5.13 Å². The molecule has 1 aromatic rings. The van der Waals surface area contributed by atoms with E-state index in [2.05, 4.69) is 14.7 Å². The molecule has 1 aromatic heterocycles. The molecule has 1 aliphatic carbocycles. The van der Waals surface area contributed by atoms with Crippen LogP contribution in [0.15, 0.2) is 0 Å². The number of aliphatic carboxylic acids is 1. The van der Waals surface area contributed by atoms with Gasteiger partial charge in [0.25, 0.3) is 0 Å². The molecule has 16 heavy (non-hydrogen) atoms. The predicted octanol–water partition coefficient (Wildman–Crippen LogP) is 2.08. The third-order valence-corrected chi connectivity index (χ3v) is 3.16. The van der Waals surface area contributed by atoms with E-state index in [1.807, 2.05) is 0 Å². The summed E-state index contributed by atoms with van der Waals surface area (Å²) in [6, 6.07) is 0. The summed E-state index contributed by atoms with van der Waals surface area (Å²) in [7, 11) is 0. The molecule has 0 unspecified atom stereocenters. The summed E-state index contributed by atoms with van der Waals surface area (Å²) in [5.41, 5.74) is 0. The molecule has 6 heteroatoms. The fourth-order valence-electron chi connectivity index (χ4n) is 1.41. The van der Waals surface area contributed by atoms with Crippen molar-refractivity contribution in [3.8, 4) is 0 Å². The summed E-state index contributed by atoms with van der Waals surface area (Å²) in [6.45, 7) is 0.770. The summed E-state index contributed by atoms with van der Waals surface area (Å²) >= 11 is 1.39. The van der Waals surface area contributed by atoms with Gasteiger partial charge in [0.15, 0.2) is 0 Å². The molecule has 1 saturated carbocycles. The van der Waals surface area contributed by atoms with Gasteiger partial charge in [0.05, 0.1) is 0 Å². The Balaban J connectivity index is 1.63. The van der Waals surface area contributed by atoms with Crippen LogP contribution in [-0.2, 0) is 4.79 Å². The number of anilines is 1. The molecular formula is C10H15N3O2S. The lowest BCUT2D eigenvalue weighted by molar-refractivity contribution is -0.137. The van der Waals surface area contributed by atoms with Crippen LogP contribution in [0.1, 0.15) is 43.8 Å². The molecule has 2 rings (SSSR count). The van der Waals surface area contributed by atoms with Crippen molar-refractivity contribution in [3.05, 3.63) is 5.82 Å². The molecule has 2 N–H and O–H groups in total. The number of rotatable bonds is 7. The van der Waals surface area contributed by atoms with Crippen molar-refractivity contribution < 1.29 is 9.90 Å². The van der Waals surface area contributed by atoms with Crippen LogP contribution < -0.4 is 5.32 Å². The smallest absolute Gasteiger partial charge is 0.303 e. The normalized spacial score (nSPS) is 15.0. The van der Waals surface area contributed by atoms with Crippen LogP contribution in [0.2, 0.25) is 0 Å². The summed E-state index contributed by atoms with van der Waals surface area (Å²) in [4.78, 5) is 14.7. The Labute approximate surface area is 98.1 Å². The van der Waals surface area contributed by atoms with E-state index in [0.29, 0.717) is 12.3 Å². The Bertz CT molecular complexity index is 363. The first kappa shape index (κ1) is 11.3. The second kappa shape index (κ2) is 5.25. The van der Waals surface area contributed by atoms with E-state index in [1.165, 1.54) is 24.4 Å². The van der Waals surface area contributed by atoms with Gasteiger partial charge in [-0.3, -0.25) is 4.79 Å². The minimum atomic E-state index is -0.730. The number of carboxylic acids is 1. The van der Waals surface area contributed by atoms with Crippen LogP contribution >= 0.6 is 11.5 Å². The van der Waals surface area contributed by atoms with Gasteiger partial charge in [-0.2, -0.15) is 4.37 Å². The van der Waals surface area contributed by atoms with E-state index in [1.54, 1.807) is 0 Å². The van der Waals surface area contributed by atoms with E-state index in [0.717, 1.165) is 23.9 Å². The highest BCUT2D eigenvalue weighted by Crippen LogP contribution is 2.39. The van der Waals surface area contributed by atoms with Crippen molar-refractivity contribution in [1.29, 1.82) is 0 Å². The third kappa shape index (κ3) is 3.44. The zero-order valence-corrected chi connectivity index (χ0v) is 9.79. The van der Waals surface area contributed by atoms with E-state index in [9.17, 15) is 4.79 Å². The molecule has 1 aliphatic rings. The van der Waals surface area contributed by atoms with Crippen molar-refractivity contribution in [2.24, 2.45) is 0 Å². The molecule has 0 atom stereocenters. The van der Waals surface area contributed by atoms with E-state index >= 15 is 0 Å². The average Bonchev–Trinajstić information content (AvgIpc) is 2.99. The standard InChI is InChI=1S/C10H15N3O2S/c14-8(15)3-1-2-6-11-10-12-9(13-16-10)7-4-5-7/h7H,1-6H2,(H,14,15)(H,11,12,13). The van der Waals surface area contributed by atoms with Gasteiger partial charge in [0, 0.05) is 30.4 Å². The number of carboxylic acid groups (broad SMARTS) is 1. The molecule has 0 spiro atoms. The summed E-state index contributed by atoms with van der Waals surface area (Å²) in [5, 5.41) is 12.5. The fraction of sp³-hybridized carbons (Fsp3) is 0.700. The van der Waals surface area contributed by atoms with Gasteiger partial charge in [0.1, 0.15) is 5.82 Å². The third-order valence-electron chi connectivity index (χ3n) is 2.48. The number of hydrogen-bond acceptors (Lipinski definition) is 5. The molecule has 0 radical (unpaired) electrons. The van der Waals surface area contributed by atoms with Crippen molar-refractivity contribution in [1.82, 2.24) is 9.36 Å². The number of nitrogens with one attached hydrogen (secondary N) is 1. The lowest BCUT2D eigenvalue weighted by atomic mass is 10.2. The molecular weight excluding hydrogens is 226 g/mol. The molecule has 0 amide bonds. The van der Waals surface area contributed by atoms with Gasteiger partial charge in [-0.25, -0.2) is 4.98 Å². The van der Waals surface area contributed by atoms with Gasteiger partial charge in [-0.15, -0.1) is 0 Å². The Hall–Kier alpha value is -1.17. The number of aromatic nitrogens is 2. The first-order chi connectivity index (χ1) is 7.75. The SMILES string of the molecule is O=C(O)CCCCNc1nc(C2CC2)ns1. The first-order valence-corrected chi connectivity index (χ1v) is 6.32. The number of nitrogens with zero attached hydrogens (tertiary/aromatic N) is 2. The van der Waals surface area contributed by atoms with Crippen LogP contribution in [0.5, 0.6) is 0 Å². The highest BCUT2D eigenvalue weighted by Gasteiger charge is 2.27. The van der Waals surface area contributed by atoms with Gasteiger partial charge in [-0.1, -0.05) is 0 Å². The highest BCUT2D eigenvalue weighted by molar-refractivity contribution is 7.09. The predicted molar refractivity (Wildman–Crippen MR) is 61.9 cm³/mol. The zero-order valence-electron chi connectivity index (χ0n) is 8.98. The fourth-order valence-corrected chi connectivity index (χ4v) is 2.08. The average molecular weight is 241 g/mol. The maximum Gasteiger partial charge on any atom is 0.303 e. The van der Waals surface area contributed by atoms with Crippen LogP contribution in [-0.4, -0.2) is 27.0 Å². The Morgan fingerprint density at radius 3 is 3.00 bits per heavy atom. The lowest BCUT2D eigenvalue weighted by Crippen LogP contribution is -2.03. The van der Waals surface area contributed by atoms with E-state index in [4.69, 9.17) is 5.11 Å². The first-order valence-electron chi connectivity index (χ1n) is 5.55. The van der Waals surface area contributed by atoms with Gasteiger partial charge in [0.2, 0.25) is 5.13 Å². The van der Waals surface area contributed by atoms with E-state index in [-0.39, 0.29) is 6.42 Å². The minimum absolute atomic E-state index is 0.241. The van der Waals surface area contributed by atoms with Crippen LogP contribution in [0.3, 0.4) is 0 Å². The molecule has 0 aliphatic heterocycles. The second-order valence-corrected chi connectivity index (χ2v) is 4.76. The molecule has 1 heterocycles. The van der Waals surface area contributed by atoms with Gasteiger partial charge < -0.3 is 10.4 Å². The van der Waals surface area contributed by atoms with Crippen molar-refractivity contribution in [2.45, 2.75) is 38.0 Å². The lowest BCUT2D eigenvalue weighted by Gasteiger charge is -1.99. The topological polar surface area (TPSA) is 75.1 Å². The van der Waals surface area contributed by atoms with Gasteiger partial charge in [-0.05, 0) is 25.7 Å². The highest BCUT2D eigenvalue weighted by atomic mass is 32.1. The largest absolute Gasteiger partial charge is 0.481 e. The maximum absolute atomic E-state index is 10.3. The molecule has 0 saturated heterocycles. The van der Waals surface area contributed by atoms with Crippen LogP contribution in [0.25, 0.3) is 0 Å².